The van der Waals surface area contributed by atoms with E-state index in [2.05, 4.69) is 15.9 Å². The van der Waals surface area contributed by atoms with Crippen LogP contribution in [0.5, 0.6) is 0 Å². The number of benzene rings is 1. The molecule has 2 aromatic rings. The van der Waals surface area contributed by atoms with E-state index in [1.54, 1.807) is 29.5 Å². The summed E-state index contributed by atoms with van der Waals surface area (Å²) in [6.07, 6.45) is -0.667. The van der Waals surface area contributed by atoms with Crippen molar-refractivity contribution in [3.05, 3.63) is 54.1 Å². The molecule has 0 aliphatic carbocycles. The van der Waals surface area contributed by atoms with E-state index in [-0.39, 0.29) is 0 Å². The first-order valence-electron chi connectivity index (χ1n) is 4.88. The summed E-state index contributed by atoms with van der Waals surface area (Å²) in [7, 11) is 0. The molecule has 0 aliphatic rings. The fraction of sp³-hybridized carbons (Fsp3) is 0.167. The number of halogens is 3. The second-order valence-corrected chi connectivity index (χ2v) is 6.59. The summed E-state index contributed by atoms with van der Waals surface area (Å²) in [4.78, 5) is 2.02. The number of thiophene rings is 1. The van der Waals surface area contributed by atoms with Gasteiger partial charge in [0.05, 0.1) is 10.0 Å². The highest BCUT2D eigenvalue weighted by Gasteiger charge is 2.15. The minimum Gasteiger partial charge on any atom is -0.383 e. The molecule has 1 aromatic heterocycles. The van der Waals surface area contributed by atoms with Gasteiger partial charge in [-0.3, -0.25) is 0 Å². The highest BCUT2D eigenvalue weighted by Crippen LogP contribution is 2.35. The van der Waals surface area contributed by atoms with Gasteiger partial charge >= 0.3 is 0 Å². The van der Waals surface area contributed by atoms with Crippen LogP contribution < -0.4 is 0 Å². The molecular formula is C12H9BrCl2OS. The molecule has 0 spiro atoms. The Labute approximate surface area is 122 Å². The number of aliphatic hydroxyl groups is 1. The Balaban J connectivity index is 2.36. The van der Waals surface area contributed by atoms with E-state index in [1.165, 1.54) is 0 Å². The maximum absolute atomic E-state index is 10.2. The Kier molecular flexibility index (Phi) is 4.16. The lowest BCUT2D eigenvalue weighted by Gasteiger charge is -2.09. The first-order valence-corrected chi connectivity index (χ1v) is 7.24. The molecule has 0 saturated carbocycles. The van der Waals surface area contributed by atoms with Crippen molar-refractivity contribution in [3.63, 3.8) is 0 Å². The van der Waals surface area contributed by atoms with E-state index in [4.69, 9.17) is 23.2 Å². The lowest BCUT2D eigenvalue weighted by Crippen LogP contribution is -1.96. The van der Waals surface area contributed by atoms with Gasteiger partial charge in [-0.05, 0) is 46.6 Å². The van der Waals surface area contributed by atoms with Crippen LogP contribution in [0.2, 0.25) is 10.0 Å². The number of hydrogen-bond acceptors (Lipinski definition) is 2. The lowest BCUT2D eigenvalue weighted by molar-refractivity contribution is 0.224. The lowest BCUT2D eigenvalue weighted by atomic mass is 10.1. The number of rotatable bonds is 2. The third-order valence-electron chi connectivity index (χ3n) is 2.41. The molecule has 1 aromatic carbocycles. The van der Waals surface area contributed by atoms with E-state index >= 15 is 0 Å². The standard InChI is InChI=1S/C12H9BrCl2OS/c1-6-8(13)5-11(17-6)12(16)7-2-3-9(14)10(15)4-7/h2-5,12,16H,1H3. The molecule has 1 N–H and O–H groups in total. The zero-order valence-electron chi connectivity index (χ0n) is 8.88. The van der Waals surface area contributed by atoms with Crippen LogP contribution in [0.1, 0.15) is 21.4 Å². The maximum atomic E-state index is 10.2. The Morgan fingerprint density at radius 1 is 1.24 bits per heavy atom. The van der Waals surface area contributed by atoms with E-state index in [9.17, 15) is 5.11 Å². The highest BCUT2D eigenvalue weighted by atomic mass is 79.9. The van der Waals surface area contributed by atoms with E-state index in [0.717, 1.165) is 19.8 Å². The van der Waals surface area contributed by atoms with Gasteiger partial charge in [0.25, 0.3) is 0 Å². The monoisotopic (exact) mass is 350 g/mol. The normalized spacial score (nSPS) is 12.8. The van der Waals surface area contributed by atoms with Crippen molar-refractivity contribution in [1.82, 2.24) is 0 Å². The second-order valence-electron chi connectivity index (χ2n) is 3.63. The molecule has 2 rings (SSSR count). The Morgan fingerprint density at radius 3 is 2.47 bits per heavy atom. The largest absolute Gasteiger partial charge is 0.383 e. The molecule has 0 radical (unpaired) electrons. The SMILES string of the molecule is Cc1sc(C(O)c2ccc(Cl)c(Cl)c2)cc1Br. The smallest absolute Gasteiger partial charge is 0.113 e. The summed E-state index contributed by atoms with van der Waals surface area (Å²) in [5.74, 6) is 0. The first kappa shape index (κ1) is 13.4. The van der Waals surface area contributed by atoms with Gasteiger partial charge in [0.1, 0.15) is 6.10 Å². The summed E-state index contributed by atoms with van der Waals surface area (Å²) in [6, 6.07) is 7.09. The second kappa shape index (κ2) is 5.29. The summed E-state index contributed by atoms with van der Waals surface area (Å²) >= 11 is 16.8. The summed E-state index contributed by atoms with van der Waals surface area (Å²) in [5, 5.41) is 11.2. The van der Waals surface area contributed by atoms with E-state index in [0.29, 0.717) is 10.0 Å². The molecule has 0 saturated heterocycles. The zero-order chi connectivity index (χ0) is 12.6. The average molecular weight is 352 g/mol. The Morgan fingerprint density at radius 2 is 1.94 bits per heavy atom. The molecule has 0 amide bonds. The van der Waals surface area contributed by atoms with Gasteiger partial charge in [-0.1, -0.05) is 29.3 Å². The molecule has 0 bridgehead atoms. The number of aryl methyl sites for hydroxylation is 1. The van der Waals surface area contributed by atoms with Crippen LogP contribution in [0.3, 0.4) is 0 Å². The van der Waals surface area contributed by atoms with Crippen molar-refractivity contribution in [1.29, 1.82) is 0 Å². The zero-order valence-corrected chi connectivity index (χ0v) is 12.8. The minimum absolute atomic E-state index is 0.454. The summed E-state index contributed by atoms with van der Waals surface area (Å²) in [6.45, 7) is 2.00. The van der Waals surface area contributed by atoms with Crippen LogP contribution in [0, 0.1) is 6.92 Å². The third-order valence-corrected chi connectivity index (χ3v) is 5.33. The van der Waals surface area contributed by atoms with Gasteiger partial charge in [0.15, 0.2) is 0 Å². The molecule has 1 heterocycles. The first-order chi connectivity index (χ1) is 7.99. The fourth-order valence-corrected chi connectivity index (χ4v) is 3.34. The summed E-state index contributed by atoms with van der Waals surface area (Å²) < 4.78 is 1.01. The number of hydrogen-bond donors (Lipinski definition) is 1. The van der Waals surface area contributed by atoms with E-state index in [1.807, 2.05) is 13.0 Å². The van der Waals surface area contributed by atoms with Gasteiger partial charge in [0, 0.05) is 14.2 Å². The van der Waals surface area contributed by atoms with Gasteiger partial charge in [-0.2, -0.15) is 0 Å². The van der Waals surface area contributed by atoms with Gasteiger partial charge in [0.2, 0.25) is 0 Å². The maximum Gasteiger partial charge on any atom is 0.113 e. The van der Waals surface area contributed by atoms with Crippen LogP contribution in [0.25, 0.3) is 0 Å². The molecule has 1 atom stereocenters. The molecule has 0 aliphatic heterocycles. The van der Waals surface area contributed by atoms with Crippen LogP contribution in [0.15, 0.2) is 28.7 Å². The van der Waals surface area contributed by atoms with Gasteiger partial charge in [-0.25, -0.2) is 0 Å². The van der Waals surface area contributed by atoms with Crippen molar-refractivity contribution < 1.29 is 5.11 Å². The van der Waals surface area contributed by atoms with Crippen molar-refractivity contribution in [2.45, 2.75) is 13.0 Å². The molecule has 17 heavy (non-hydrogen) atoms. The Bertz CT molecular complexity index is 534. The Hall–Kier alpha value is -0.0600. The third kappa shape index (κ3) is 2.85. The van der Waals surface area contributed by atoms with Gasteiger partial charge < -0.3 is 5.11 Å². The van der Waals surface area contributed by atoms with Crippen LogP contribution >= 0.6 is 50.5 Å². The predicted molar refractivity (Wildman–Crippen MR) is 77.3 cm³/mol. The van der Waals surface area contributed by atoms with Crippen LogP contribution in [0.4, 0.5) is 0 Å². The topological polar surface area (TPSA) is 20.2 Å². The highest BCUT2D eigenvalue weighted by molar-refractivity contribution is 9.10. The minimum atomic E-state index is -0.667. The fourth-order valence-electron chi connectivity index (χ4n) is 1.46. The quantitative estimate of drug-likeness (QED) is 0.787. The van der Waals surface area contributed by atoms with Crippen molar-refractivity contribution in [2.75, 3.05) is 0 Å². The van der Waals surface area contributed by atoms with Crippen LogP contribution in [-0.4, -0.2) is 5.11 Å². The molecule has 90 valence electrons. The van der Waals surface area contributed by atoms with Gasteiger partial charge in [-0.15, -0.1) is 11.3 Å². The molecular weight excluding hydrogens is 343 g/mol. The average Bonchev–Trinajstić information content (AvgIpc) is 2.62. The molecule has 0 fully saturated rings. The predicted octanol–water partition coefficient (Wildman–Crippen LogP) is 5.21. The van der Waals surface area contributed by atoms with E-state index < -0.39 is 6.10 Å². The molecule has 1 unspecified atom stereocenters. The molecule has 5 heteroatoms. The molecule has 1 nitrogen and oxygen atoms in total. The van der Waals surface area contributed by atoms with Crippen molar-refractivity contribution in [3.8, 4) is 0 Å². The van der Waals surface area contributed by atoms with Crippen LogP contribution in [-0.2, 0) is 0 Å². The van der Waals surface area contributed by atoms with Crippen molar-refractivity contribution in [2.24, 2.45) is 0 Å². The number of aliphatic hydroxyl groups excluding tert-OH is 1. The summed E-state index contributed by atoms with van der Waals surface area (Å²) in [5.41, 5.74) is 0.744. The van der Waals surface area contributed by atoms with Crippen molar-refractivity contribution >= 4 is 50.5 Å².